The quantitative estimate of drug-likeness (QED) is 0.797. The fourth-order valence-corrected chi connectivity index (χ4v) is 2.86. The van der Waals surface area contributed by atoms with Crippen LogP contribution >= 0.6 is 0 Å². The van der Waals surface area contributed by atoms with E-state index in [-0.39, 0.29) is 0 Å². The standard InChI is InChI=1S/C17H29N3O/c1-14(2)9-18-10-16-5-4-6-17(19-16)12-20-8-7-15(11-20)13-21-3/h4-6,14-15,18H,7-13H2,1-3H3. The van der Waals surface area contributed by atoms with Gasteiger partial charge in [0.1, 0.15) is 0 Å². The van der Waals surface area contributed by atoms with Crippen molar-refractivity contribution in [3.8, 4) is 0 Å². The van der Waals surface area contributed by atoms with Crippen molar-refractivity contribution in [2.75, 3.05) is 33.4 Å². The fraction of sp³-hybridized carbons (Fsp3) is 0.706. The van der Waals surface area contributed by atoms with Gasteiger partial charge < -0.3 is 10.1 Å². The summed E-state index contributed by atoms with van der Waals surface area (Å²) >= 11 is 0. The molecule has 1 aromatic heterocycles. The van der Waals surface area contributed by atoms with Gasteiger partial charge in [0, 0.05) is 26.7 Å². The summed E-state index contributed by atoms with van der Waals surface area (Å²) in [5.74, 6) is 1.36. The van der Waals surface area contributed by atoms with Crippen LogP contribution in [-0.4, -0.2) is 43.2 Å². The third kappa shape index (κ3) is 5.73. The zero-order valence-corrected chi connectivity index (χ0v) is 13.6. The van der Waals surface area contributed by atoms with E-state index in [0.29, 0.717) is 11.8 Å². The molecule has 0 amide bonds. The number of nitrogens with one attached hydrogen (secondary N) is 1. The van der Waals surface area contributed by atoms with Gasteiger partial charge in [0.05, 0.1) is 18.0 Å². The minimum atomic E-state index is 0.676. The summed E-state index contributed by atoms with van der Waals surface area (Å²) < 4.78 is 5.26. The number of methoxy groups -OCH3 is 1. The molecule has 2 heterocycles. The van der Waals surface area contributed by atoms with Crippen molar-refractivity contribution < 1.29 is 4.74 Å². The molecule has 21 heavy (non-hydrogen) atoms. The second-order valence-electron chi connectivity index (χ2n) is 6.49. The van der Waals surface area contributed by atoms with Gasteiger partial charge in [-0.15, -0.1) is 0 Å². The summed E-state index contributed by atoms with van der Waals surface area (Å²) in [5, 5.41) is 3.45. The van der Waals surface area contributed by atoms with Crippen LogP contribution < -0.4 is 5.32 Å². The van der Waals surface area contributed by atoms with E-state index in [1.165, 1.54) is 12.1 Å². The van der Waals surface area contributed by atoms with Crippen molar-refractivity contribution >= 4 is 0 Å². The van der Waals surface area contributed by atoms with Crippen LogP contribution in [0.5, 0.6) is 0 Å². The molecule has 1 N–H and O–H groups in total. The SMILES string of the molecule is COCC1CCN(Cc2cccc(CNCC(C)C)n2)C1. The highest BCUT2D eigenvalue weighted by atomic mass is 16.5. The maximum absolute atomic E-state index is 5.26. The molecule has 0 radical (unpaired) electrons. The normalized spacial score (nSPS) is 19.5. The highest BCUT2D eigenvalue weighted by Gasteiger charge is 2.22. The minimum Gasteiger partial charge on any atom is -0.384 e. The van der Waals surface area contributed by atoms with Gasteiger partial charge in [-0.1, -0.05) is 19.9 Å². The summed E-state index contributed by atoms with van der Waals surface area (Å²) in [6, 6.07) is 6.36. The van der Waals surface area contributed by atoms with Crippen molar-refractivity contribution in [1.29, 1.82) is 0 Å². The molecule has 0 saturated carbocycles. The third-order valence-corrected chi connectivity index (χ3v) is 3.88. The lowest BCUT2D eigenvalue weighted by Crippen LogP contribution is -2.23. The average molecular weight is 291 g/mol. The van der Waals surface area contributed by atoms with E-state index in [4.69, 9.17) is 9.72 Å². The summed E-state index contributed by atoms with van der Waals surface area (Å²) in [6.07, 6.45) is 1.24. The van der Waals surface area contributed by atoms with Gasteiger partial charge in [0.2, 0.25) is 0 Å². The summed E-state index contributed by atoms with van der Waals surface area (Å²) in [4.78, 5) is 7.25. The number of pyridine rings is 1. The number of nitrogens with zero attached hydrogens (tertiary/aromatic N) is 2. The van der Waals surface area contributed by atoms with E-state index in [1.54, 1.807) is 7.11 Å². The van der Waals surface area contributed by atoms with Crippen molar-refractivity contribution in [2.45, 2.75) is 33.4 Å². The van der Waals surface area contributed by atoms with E-state index in [9.17, 15) is 0 Å². The van der Waals surface area contributed by atoms with E-state index in [2.05, 4.69) is 42.3 Å². The van der Waals surface area contributed by atoms with Crippen LogP contribution in [0.2, 0.25) is 0 Å². The number of hydrogen-bond donors (Lipinski definition) is 1. The van der Waals surface area contributed by atoms with Crippen LogP contribution in [0.25, 0.3) is 0 Å². The topological polar surface area (TPSA) is 37.4 Å². The van der Waals surface area contributed by atoms with E-state index in [1.807, 2.05) is 0 Å². The molecule has 118 valence electrons. The van der Waals surface area contributed by atoms with Crippen LogP contribution in [0.4, 0.5) is 0 Å². The molecular weight excluding hydrogens is 262 g/mol. The molecule has 4 nitrogen and oxygen atoms in total. The Kier molecular flexibility index (Phi) is 6.61. The number of rotatable bonds is 8. The largest absolute Gasteiger partial charge is 0.384 e. The Bertz CT molecular complexity index is 422. The van der Waals surface area contributed by atoms with E-state index >= 15 is 0 Å². The molecule has 1 fully saturated rings. The minimum absolute atomic E-state index is 0.676. The molecular formula is C17H29N3O. The molecule has 0 aliphatic carbocycles. The Labute approximate surface area is 128 Å². The molecule has 0 bridgehead atoms. The summed E-state index contributed by atoms with van der Waals surface area (Å²) in [7, 11) is 1.79. The van der Waals surface area contributed by atoms with Gasteiger partial charge in [0.15, 0.2) is 0 Å². The summed E-state index contributed by atoms with van der Waals surface area (Å²) in [6.45, 7) is 10.5. The number of aromatic nitrogens is 1. The Hall–Kier alpha value is -0.970. The number of likely N-dealkylation sites (tertiary alicyclic amines) is 1. The first-order valence-corrected chi connectivity index (χ1v) is 8.04. The molecule has 1 saturated heterocycles. The zero-order valence-electron chi connectivity index (χ0n) is 13.6. The lowest BCUT2D eigenvalue weighted by atomic mass is 10.1. The fourth-order valence-electron chi connectivity index (χ4n) is 2.86. The molecule has 2 rings (SSSR count). The second-order valence-corrected chi connectivity index (χ2v) is 6.49. The molecule has 0 spiro atoms. The van der Waals surface area contributed by atoms with Crippen molar-refractivity contribution in [1.82, 2.24) is 15.2 Å². The van der Waals surface area contributed by atoms with E-state index < -0.39 is 0 Å². The Morgan fingerprint density at radius 1 is 1.38 bits per heavy atom. The molecule has 4 heteroatoms. The highest BCUT2D eigenvalue weighted by molar-refractivity contribution is 5.11. The van der Waals surface area contributed by atoms with Crippen LogP contribution in [0.1, 0.15) is 31.7 Å². The molecule has 1 unspecified atom stereocenters. The van der Waals surface area contributed by atoms with Gasteiger partial charge >= 0.3 is 0 Å². The first-order chi connectivity index (χ1) is 10.2. The van der Waals surface area contributed by atoms with Crippen LogP contribution in [0, 0.1) is 11.8 Å². The molecule has 1 aliphatic heterocycles. The third-order valence-electron chi connectivity index (χ3n) is 3.88. The van der Waals surface area contributed by atoms with Crippen LogP contribution in [0.3, 0.4) is 0 Å². The maximum atomic E-state index is 5.26. The lowest BCUT2D eigenvalue weighted by molar-refractivity contribution is 0.152. The first kappa shape index (κ1) is 16.4. The molecule has 1 aliphatic rings. The Morgan fingerprint density at radius 2 is 2.19 bits per heavy atom. The van der Waals surface area contributed by atoms with Gasteiger partial charge in [-0.25, -0.2) is 0 Å². The molecule has 1 atom stereocenters. The monoisotopic (exact) mass is 291 g/mol. The smallest absolute Gasteiger partial charge is 0.0547 e. The molecule has 1 aromatic rings. The maximum Gasteiger partial charge on any atom is 0.0547 e. The second kappa shape index (κ2) is 8.47. The molecule has 0 aromatic carbocycles. The van der Waals surface area contributed by atoms with Crippen LogP contribution in [-0.2, 0) is 17.8 Å². The number of ether oxygens (including phenoxy) is 1. The van der Waals surface area contributed by atoms with Gasteiger partial charge in [0.25, 0.3) is 0 Å². The van der Waals surface area contributed by atoms with Crippen molar-refractivity contribution in [3.05, 3.63) is 29.6 Å². The predicted molar refractivity (Wildman–Crippen MR) is 86.0 cm³/mol. The Morgan fingerprint density at radius 3 is 2.95 bits per heavy atom. The van der Waals surface area contributed by atoms with E-state index in [0.717, 1.165) is 45.0 Å². The van der Waals surface area contributed by atoms with Gasteiger partial charge in [-0.05, 0) is 43.5 Å². The van der Waals surface area contributed by atoms with Gasteiger partial charge in [-0.2, -0.15) is 0 Å². The van der Waals surface area contributed by atoms with Crippen molar-refractivity contribution in [2.24, 2.45) is 11.8 Å². The van der Waals surface area contributed by atoms with Gasteiger partial charge in [-0.3, -0.25) is 9.88 Å². The van der Waals surface area contributed by atoms with Crippen LogP contribution in [0.15, 0.2) is 18.2 Å². The highest BCUT2D eigenvalue weighted by Crippen LogP contribution is 2.18. The average Bonchev–Trinajstić information content (AvgIpc) is 2.86. The lowest BCUT2D eigenvalue weighted by Gasteiger charge is -2.16. The van der Waals surface area contributed by atoms with Crippen molar-refractivity contribution in [3.63, 3.8) is 0 Å². The predicted octanol–water partition coefficient (Wildman–Crippen LogP) is 2.30. The Balaban J connectivity index is 1.81. The zero-order chi connectivity index (χ0) is 15.1. The summed E-state index contributed by atoms with van der Waals surface area (Å²) in [5.41, 5.74) is 2.32. The number of hydrogen-bond acceptors (Lipinski definition) is 4. The first-order valence-electron chi connectivity index (χ1n) is 8.04.